The van der Waals surface area contributed by atoms with Crippen molar-refractivity contribution in [2.75, 3.05) is 0 Å². The van der Waals surface area contributed by atoms with E-state index in [9.17, 15) is 14.5 Å². The molecule has 0 saturated carbocycles. The number of nitro groups is 1. The molecule has 0 atom stereocenters. The fourth-order valence-electron chi connectivity index (χ4n) is 1.76. The first-order valence-electron chi connectivity index (χ1n) is 6.06. The van der Waals surface area contributed by atoms with Crippen molar-refractivity contribution in [1.82, 2.24) is 0 Å². The summed E-state index contributed by atoms with van der Waals surface area (Å²) in [6.45, 7) is 0.259. The van der Waals surface area contributed by atoms with E-state index < -0.39 is 10.7 Å². The lowest BCUT2D eigenvalue weighted by Crippen LogP contribution is -2.02. The Bertz CT molecular complexity index is 679. The first kappa shape index (κ1) is 15.4. The van der Waals surface area contributed by atoms with Gasteiger partial charge in [-0.05, 0) is 33.6 Å². The molecule has 0 aromatic heterocycles. The number of hydrogen-bond donors (Lipinski definition) is 1. The molecule has 7 heteroatoms. The number of benzene rings is 2. The number of hydrogen-bond acceptors (Lipinski definition) is 4. The van der Waals surface area contributed by atoms with Crippen LogP contribution in [0.25, 0.3) is 0 Å². The molecule has 0 bridgehead atoms. The van der Waals surface area contributed by atoms with E-state index in [1.165, 1.54) is 18.2 Å². The van der Waals surface area contributed by atoms with Crippen molar-refractivity contribution >= 4 is 21.6 Å². The molecule has 0 aliphatic carbocycles. The van der Waals surface area contributed by atoms with Crippen LogP contribution in [0.4, 0.5) is 10.1 Å². The van der Waals surface area contributed by atoms with Gasteiger partial charge in [-0.3, -0.25) is 10.1 Å². The van der Waals surface area contributed by atoms with E-state index in [4.69, 9.17) is 10.5 Å². The molecule has 0 unspecified atom stereocenters. The van der Waals surface area contributed by atoms with Crippen LogP contribution in [-0.4, -0.2) is 4.92 Å². The van der Waals surface area contributed by atoms with Gasteiger partial charge in [-0.15, -0.1) is 0 Å². The molecule has 2 N–H and O–H groups in total. The number of nitrogens with two attached hydrogens (primary N) is 1. The molecule has 5 nitrogen and oxygen atoms in total. The molecule has 0 radical (unpaired) electrons. The van der Waals surface area contributed by atoms with Crippen LogP contribution in [0.15, 0.2) is 40.9 Å². The lowest BCUT2D eigenvalue weighted by Gasteiger charge is -2.09. The third kappa shape index (κ3) is 3.56. The van der Waals surface area contributed by atoms with Crippen LogP contribution in [0, 0.1) is 15.9 Å². The Hall–Kier alpha value is -1.99. The number of halogens is 2. The van der Waals surface area contributed by atoms with Crippen LogP contribution in [0.1, 0.15) is 11.1 Å². The number of rotatable bonds is 5. The van der Waals surface area contributed by atoms with Crippen molar-refractivity contribution in [2.45, 2.75) is 13.2 Å². The Balaban J connectivity index is 2.17. The monoisotopic (exact) mass is 354 g/mol. The number of nitro benzene ring substituents is 1. The molecule has 0 spiro atoms. The third-order valence-corrected chi connectivity index (χ3v) is 3.79. The minimum Gasteiger partial charge on any atom is -0.486 e. The van der Waals surface area contributed by atoms with Crippen LogP contribution >= 0.6 is 15.9 Å². The zero-order valence-corrected chi connectivity index (χ0v) is 12.5. The van der Waals surface area contributed by atoms with E-state index >= 15 is 0 Å². The van der Waals surface area contributed by atoms with Crippen molar-refractivity contribution in [1.29, 1.82) is 0 Å². The Morgan fingerprint density at radius 1 is 1.33 bits per heavy atom. The predicted octanol–water partition coefficient (Wildman–Crippen LogP) is 3.53. The Morgan fingerprint density at radius 3 is 2.71 bits per heavy atom. The minimum atomic E-state index is -0.514. The predicted molar refractivity (Wildman–Crippen MR) is 79.4 cm³/mol. The fourth-order valence-corrected chi connectivity index (χ4v) is 2.29. The van der Waals surface area contributed by atoms with Gasteiger partial charge in [0.2, 0.25) is 0 Å². The summed E-state index contributed by atoms with van der Waals surface area (Å²) in [4.78, 5) is 10.3. The van der Waals surface area contributed by atoms with Crippen molar-refractivity contribution in [3.63, 3.8) is 0 Å². The maximum absolute atomic E-state index is 13.7. The van der Waals surface area contributed by atoms with Gasteiger partial charge >= 0.3 is 0 Å². The maximum Gasteiger partial charge on any atom is 0.283 e. The second kappa shape index (κ2) is 6.64. The molecule has 110 valence electrons. The van der Waals surface area contributed by atoms with Gasteiger partial charge in [-0.2, -0.15) is 0 Å². The second-order valence-corrected chi connectivity index (χ2v) is 5.06. The normalized spacial score (nSPS) is 10.4. The van der Waals surface area contributed by atoms with Crippen molar-refractivity contribution < 1.29 is 14.1 Å². The van der Waals surface area contributed by atoms with Gasteiger partial charge in [0.05, 0.1) is 4.92 Å². The molecule has 0 aliphatic heterocycles. The lowest BCUT2D eigenvalue weighted by molar-refractivity contribution is -0.385. The molecule has 0 aliphatic rings. The van der Waals surface area contributed by atoms with Crippen LogP contribution < -0.4 is 10.5 Å². The molecule has 21 heavy (non-hydrogen) atoms. The molecule has 0 fully saturated rings. The fraction of sp³-hybridized carbons (Fsp3) is 0.143. The Labute approximate surface area is 128 Å². The van der Waals surface area contributed by atoms with Crippen molar-refractivity contribution in [3.8, 4) is 5.75 Å². The van der Waals surface area contributed by atoms with Crippen LogP contribution in [0.3, 0.4) is 0 Å². The smallest absolute Gasteiger partial charge is 0.283 e. The molecule has 2 aromatic carbocycles. The van der Waals surface area contributed by atoms with Gasteiger partial charge in [0, 0.05) is 18.2 Å². The maximum atomic E-state index is 13.7. The van der Waals surface area contributed by atoms with Gasteiger partial charge in [0.15, 0.2) is 11.6 Å². The molecule has 2 aromatic rings. The molecular weight excluding hydrogens is 343 g/mol. The summed E-state index contributed by atoms with van der Waals surface area (Å²) in [7, 11) is 0. The van der Waals surface area contributed by atoms with Crippen LogP contribution in [-0.2, 0) is 13.2 Å². The summed E-state index contributed by atoms with van der Waals surface area (Å²) in [5.41, 5.74) is 6.59. The van der Waals surface area contributed by atoms with E-state index in [1.807, 2.05) is 0 Å². The summed E-state index contributed by atoms with van der Waals surface area (Å²) < 4.78 is 19.4. The first-order chi connectivity index (χ1) is 10.0. The van der Waals surface area contributed by atoms with Gasteiger partial charge in [-0.1, -0.05) is 18.2 Å². The van der Waals surface area contributed by atoms with E-state index in [-0.39, 0.29) is 24.6 Å². The quantitative estimate of drug-likeness (QED) is 0.657. The molecule has 2 rings (SSSR count). The van der Waals surface area contributed by atoms with E-state index in [1.54, 1.807) is 18.2 Å². The summed E-state index contributed by atoms with van der Waals surface area (Å²) in [5, 5.41) is 10.8. The molecule has 0 saturated heterocycles. The molecule has 0 heterocycles. The third-order valence-electron chi connectivity index (χ3n) is 2.87. The SMILES string of the molecule is NCc1ccc(OCc2cccc([N+](=O)[O-])c2Br)c(F)c1. The zero-order valence-electron chi connectivity index (χ0n) is 10.9. The topological polar surface area (TPSA) is 78.4 Å². The average Bonchev–Trinajstić information content (AvgIpc) is 2.46. The lowest BCUT2D eigenvalue weighted by atomic mass is 10.2. The van der Waals surface area contributed by atoms with Gasteiger partial charge in [-0.25, -0.2) is 4.39 Å². The summed E-state index contributed by atoms with van der Waals surface area (Å²) in [5.74, 6) is -0.440. The van der Waals surface area contributed by atoms with Crippen LogP contribution in [0.2, 0.25) is 0 Å². The average molecular weight is 355 g/mol. The van der Waals surface area contributed by atoms with E-state index in [0.717, 1.165) is 0 Å². The highest BCUT2D eigenvalue weighted by molar-refractivity contribution is 9.10. The Morgan fingerprint density at radius 2 is 2.10 bits per heavy atom. The van der Waals surface area contributed by atoms with E-state index in [2.05, 4.69) is 15.9 Å². The Kier molecular flexibility index (Phi) is 4.87. The highest BCUT2D eigenvalue weighted by atomic mass is 79.9. The summed E-state index contributed by atoms with van der Waals surface area (Å²) in [6, 6.07) is 9.06. The molecular formula is C14H12BrFN2O3. The highest BCUT2D eigenvalue weighted by Crippen LogP contribution is 2.29. The van der Waals surface area contributed by atoms with Crippen LogP contribution in [0.5, 0.6) is 5.75 Å². The zero-order chi connectivity index (χ0) is 15.4. The highest BCUT2D eigenvalue weighted by Gasteiger charge is 2.15. The second-order valence-electron chi connectivity index (χ2n) is 4.26. The summed E-state index contributed by atoms with van der Waals surface area (Å²) >= 11 is 3.16. The first-order valence-corrected chi connectivity index (χ1v) is 6.85. The van der Waals surface area contributed by atoms with E-state index in [0.29, 0.717) is 15.6 Å². The number of ether oxygens (including phenoxy) is 1. The van der Waals surface area contributed by atoms with Gasteiger partial charge < -0.3 is 10.5 Å². The van der Waals surface area contributed by atoms with Crippen molar-refractivity contribution in [3.05, 3.63) is 67.9 Å². The number of nitrogens with zero attached hydrogens (tertiary/aromatic N) is 1. The van der Waals surface area contributed by atoms with Gasteiger partial charge in [0.1, 0.15) is 11.1 Å². The standard InChI is InChI=1S/C14H12BrFN2O3/c15-14-10(2-1-3-12(14)18(19)20)8-21-13-5-4-9(7-17)6-11(13)16/h1-6H,7-8,17H2. The van der Waals surface area contributed by atoms with Gasteiger partial charge in [0.25, 0.3) is 5.69 Å². The summed E-state index contributed by atoms with van der Waals surface area (Å²) in [6.07, 6.45) is 0. The van der Waals surface area contributed by atoms with Crippen molar-refractivity contribution in [2.24, 2.45) is 5.73 Å². The molecule has 0 amide bonds. The largest absolute Gasteiger partial charge is 0.486 e. The minimum absolute atomic E-state index is 0.0150.